The number of nitro groups is 1. The monoisotopic (exact) mass is 266 g/mol. The number of aromatic nitrogens is 2. The van der Waals surface area contributed by atoms with Gasteiger partial charge in [-0.3, -0.25) is 10.1 Å². The van der Waals surface area contributed by atoms with Crippen molar-refractivity contribution in [2.75, 3.05) is 5.73 Å². The summed E-state index contributed by atoms with van der Waals surface area (Å²) in [5.41, 5.74) is 7.79. The quantitative estimate of drug-likeness (QED) is 0.514. The van der Waals surface area contributed by atoms with Gasteiger partial charge in [0.2, 0.25) is 0 Å². The van der Waals surface area contributed by atoms with Gasteiger partial charge in [-0.25, -0.2) is 4.68 Å². The minimum atomic E-state index is -0.493. The number of nitrogen functional groups attached to an aromatic ring is 1. The molecule has 2 aromatic rings. The molecule has 0 amide bonds. The van der Waals surface area contributed by atoms with E-state index < -0.39 is 4.92 Å². The molecule has 0 unspecified atom stereocenters. The minimum Gasteiger partial charge on any atom is -0.398 e. The van der Waals surface area contributed by atoms with Gasteiger partial charge in [-0.2, -0.15) is 5.10 Å². The van der Waals surface area contributed by atoms with E-state index in [0.29, 0.717) is 27.8 Å². The summed E-state index contributed by atoms with van der Waals surface area (Å²) in [6.45, 7) is 3.56. The summed E-state index contributed by atoms with van der Waals surface area (Å²) in [7, 11) is 0. The van der Waals surface area contributed by atoms with Crippen LogP contribution in [0.15, 0.2) is 18.2 Å². The molecule has 0 saturated heterocycles. The Morgan fingerprint density at radius 3 is 2.56 bits per heavy atom. The third-order valence-electron chi connectivity index (χ3n) is 2.58. The van der Waals surface area contributed by atoms with Crippen LogP contribution in [-0.2, 0) is 0 Å². The van der Waals surface area contributed by atoms with Gasteiger partial charge in [-0.05, 0) is 19.9 Å². The summed E-state index contributed by atoms with van der Waals surface area (Å²) in [4.78, 5) is 10.3. The van der Waals surface area contributed by atoms with Gasteiger partial charge in [-0.1, -0.05) is 11.6 Å². The van der Waals surface area contributed by atoms with E-state index in [1.807, 2.05) is 0 Å². The first-order chi connectivity index (χ1) is 8.40. The molecule has 94 valence electrons. The number of hydrogen-bond acceptors (Lipinski definition) is 4. The lowest BCUT2D eigenvalue weighted by molar-refractivity contribution is -0.384. The Balaban J connectivity index is 2.63. The van der Waals surface area contributed by atoms with Crippen molar-refractivity contribution in [1.29, 1.82) is 0 Å². The van der Waals surface area contributed by atoms with Gasteiger partial charge in [-0.15, -0.1) is 0 Å². The lowest BCUT2D eigenvalue weighted by Gasteiger charge is -2.05. The van der Waals surface area contributed by atoms with Crippen molar-refractivity contribution in [1.82, 2.24) is 9.78 Å². The van der Waals surface area contributed by atoms with Crippen molar-refractivity contribution in [2.24, 2.45) is 0 Å². The van der Waals surface area contributed by atoms with E-state index in [2.05, 4.69) is 5.10 Å². The van der Waals surface area contributed by atoms with Crippen molar-refractivity contribution in [2.45, 2.75) is 13.8 Å². The number of nitro benzene ring substituents is 1. The molecular formula is C11H11ClN4O2. The first kappa shape index (κ1) is 12.4. The summed E-state index contributed by atoms with van der Waals surface area (Å²) in [5.74, 6) is 0. The summed E-state index contributed by atoms with van der Waals surface area (Å²) < 4.78 is 1.54. The fourth-order valence-corrected chi connectivity index (χ4v) is 1.84. The van der Waals surface area contributed by atoms with E-state index in [-0.39, 0.29) is 5.69 Å². The Labute approximate surface area is 108 Å². The zero-order chi connectivity index (χ0) is 13.4. The van der Waals surface area contributed by atoms with Crippen LogP contribution in [0.25, 0.3) is 5.69 Å². The number of benzene rings is 1. The molecule has 0 fully saturated rings. The molecule has 0 aliphatic rings. The van der Waals surface area contributed by atoms with Crippen LogP contribution in [-0.4, -0.2) is 14.7 Å². The average Bonchev–Trinajstić information content (AvgIpc) is 2.56. The van der Waals surface area contributed by atoms with E-state index in [0.717, 1.165) is 0 Å². The fourth-order valence-electron chi connectivity index (χ4n) is 1.72. The molecule has 1 aromatic heterocycles. The van der Waals surface area contributed by atoms with E-state index in [1.165, 1.54) is 12.1 Å². The van der Waals surface area contributed by atoms with E-state index in [1.54, 1.807) is 24.6 Å². The van der Waals surface area contributed by atoms with Crippen molar-refractivity contribution >= 4 is 23.0 Å². The lowest BCUT2D eigenvalue weighted by atomic mass is 10.2. The van der Waals surface area contributed by atoms with Crippen molar-refractivity contribution < 1.29 is 4.92 Å². The molecule has 0 aliphatic carbocycles. The van der Waals surface area contributed by atoms with E-state index >= 15 is 0 Å². The molecule has 0 aliphatic heterocycles. The second-order valence-electron chi connectivity index (χ2n) is 3.94. The molecule has 2 N–H and O–H groups in total. The topological polar surface area (TPSA) is 87.0 Å². The van der Waals surface area contributed by atoms with Crippen LogP contribution in [0.5, 0.6) is 0 Å². The van der Waals surface area contributed by atoms with E-state index in [9.17, 15) is 10.1 Å². The predicted molar refractivity (Wildman–Crippen MR) is 69.1 cm³/mol. The zero-order valence-corrected chi connectivity index (χ0v) is 10.6. The van der Waals surface area contributed by atoms with Crippen molar-refractivity contribution in [3.05, 3.63) is 44.7 Å². The summed E-state index contributed by atoms with van der Waals surface area (Å²) in [6.07, 6.45) is 0. The van der Waals surface area contributed by atoms with Crippen LogP contribution >= 0.6 is 11.6 Å². The Morgan fingerprint density at radius 1 is 1.39 bits per heavy atom. The molecule has 0 bridgehead atoms. The van der Waals surface area contributed by atoms with Gasteiger partial charge in [0.25, 0.3) is 5.69 Å². The molecule has 6 nitrogen and oxygen atoms in total. The van der Waals surface area contributed by atoms with Gasteiger partial charge in [0.15, 0.2) is 0 Å². The average molecular weight is 267 g/mol. The lowest BCUT2D eigenvalue weighted by Crippen LogP contribution is -2.02. The second kappa shape index (κ2) is 4.30. The van der Waals surface area contributed by atoms with Crippen LogP contribution in [0, 0.1) is 24.0 Å². The van der Waals surface area contributed by atoms with Crippen LogP contribution in [0.1, 0.15) is 11.4 Å². The first-order valence-corrected chi connectivity index (χ1v) is 5.55. The van der Waals surface area contributed by atoms with Crippen LogP contribution in [0.4, 0.5) is 11.4 Å². The standard InChI is InChI=1S/C11H11ClN4O2/c1-6-11(12)7(2)15(14-6)9-3-8(13)4-10(5-9)16(17)18/h3-5H,13H2,1-2H3. The van der Waals surface area contributed by atoms with Gasteiger partial charge >= 0.3 is 0 Å². The molecule has 18 heavy (non-hydrogen) atoms. The molecule has 0 spiro atoms. The fraction of sp³-hybridized carbons (Fsp3) is 0.182. The molecule has 0 radical (unpaired) electrons. The number of halogens is 1. The van der Waals surface area contributed by atoms with Gasteiger partial charge in [0, 0.05) is 17.8 Å². The number of non-ortho nitro benzene ring substituents is 1. The van der Waals surface area contributed by atoms with Crippen LogP contribution < -0.4 is 5.73 Å². The SMILES string of the molecule is Cc1nn(-c2cc(N)cc([N+](=O)[O-])c2)c(C)c1Cl. The summed E-state index contributed by atoms with van der Waals surface area (Å²) >= 11 is 6.04. The normalized spacial score (nSPS) is 10.6. The van der Waals surface area contributed by atoms with E-state index in [4.69, 9.17) is 17.3 Å². The Bertz CT molecular complexity index is 636. The predicted octanol–water partition coefficient (Wildman–Crippen LogP) is 2.63. The van der Waals surface area contributed by atoms with Gasteiger partial charge in [0.05, 0.1) is 27.0 Å². The zero-order valence-electron chi connectivity index (χ0n) is 9.85. The smallest absolute Gasteiger partial charge is 0.273 e. The molecule has 0 saturated carbocycles. The van der Waals surface area contributed by atoms with Crippen molar-refractivity contribution in [3.8, 4) is 5.69 Å². The highest BCUT2D eigenvalue weighted by Gasteiger charge is 2.14. The number of nitrogens with zero attached hydrogens (tertiary/aromatic N) is 3. The summed E-state index contributed by atoms with van der Waals surface area (Å²) in [6, 6.07) is 4.33. The first-order valence-electron chi connectivity index (χ1n) is 5.17. The highest BCUT2D eigenvalue weighted by Crippen LogP contribution is 2.26. The van der Waals surface area contributed by atoms with Gasteiger partial charge in [0.1, 0.15) is 0 Å². The Hall–Kier alpha value is -2.08. The highest BCUT2D eigenvalue weighted by molar-refractivity contribution is 6.31. The maximum absolute atomic E-state index is 10.8. The third-order valence-corrected chi connectivity index (χ3v) is 3.13. The second-order valence-corrected chi connectivity index (χ2v) is 4.31. The Kier molecular flexibility index (Phi) is 2.96. The number of nitrogens with two attached hydrogens (primary N) is 1. The molecule has 7 heteroatoms. The van der Waals surface area contributed by atoms with Crippen LogP contribution in [0.2, 0.25) is 5.02 Å². The maximum atomic E-state index is 10.8. The number of anilines is 1. The number of hydrogen-bond donors (Lipinski definition) is 1. The van der Waals surface area contributed by atoms with Gasteiger partial charge < -0.3 is 5.73 Å². The highest BCUT2D eigenvalue weighted by atomic mass is 35.5. The largest absolute Gasteiger partial charge is 0.398 e. The molecule has 1 aromatic carbocycles. The summed E-state index contributed by atoms with van der Waals surface area (Å²) in [5, 5.41) is 15.6. The Morgan fingerprint density at radius 2 is 2.06 bits per heavy atom. The number of aryl methyl sites for hydroxylation is 1. The molecule has 0 atom stereocenters. The minimum absolute atomic E-state index is 0.0753. The molecule has 2 rings (SSSR count). The molecular weight excluding hydrogens is 256 g/mol. The van der Waals surface area contributed by atoms with Crippen molar-refractivity contribution in [3.63, 3.8) is 0 Å². The third kappa shape index (κ3) is 2.02. The molecule has 1 heterocycles. The number of rotatable bonds is 2. The maximum Gasteiger partial charge on any atom is 0.273 e. The van der Waals surface area contributed by atoms with Crippen LogP contribution in [0.3, 0.4) is 0 Å².